The number of nitrogens with zero attached hydrogens (tertiary/aromatic N) is 1. The zero-order valence-electron chi connectivity index (χ0n) is 16.6. The molecule has 0 radical (unpaired) electrons. The molecule has 6 nitrogen and oxygen atoms in total. The fourth-order valence-corrected chi connectivity index (χ4v) is 3.95. The molecule has 0 saturated carbocycles. The summed E-state index contributed by atoms with van der Waals surface area (Å²) in [7, 11) is 0. The fraction of sp³-hybridized carbons (Fsp3) is 0.273. The Balaban J connectivity index is 1.73. The van der Waals surface area contributed by atoms with Crippen molar-refractivity contribution in [2.75, 3.05) is 6.61 Å². The Kier molecular flexibility index (Phi) is 6.39. The molecule has 1 N–H and O–H groups in total. The second-order valence-corrected chi connectivity index (χ2v) is 7.77. The molecule has 0 atom stereocenters. The van der Waals surface area contributed by atoms with Gasteiger partial charge in [-0.3, -0.25) is 14.6 Å². The van der Waals surface area contributed by atoms with E-state index in [-0.39, 0.29) is 18.3 Å². The van der Waals surface area contributed by atoms with E-state index in [9.17, 15) is 14.4 Å². The standard InChI is InChI=1S/C22H22N2O4S/c1-4-17-21(13(2)16-7-5-6-8-18(16)24-17)22(27)28-12-19(26)20-10-9-15(29-20)11-23-14(3)25/h5-10H,4,11-12H2,1-3H3,(H,23,25). The number of hydrogen-bond donors (Lipinski definition) is 1. The average Bonchev–Trinajstić information content (AvgIpc) is 3.19. The van der Waals surface area contributed by atoms with Crippen LogP contribution in [0.25, 0.3) is 10.9 Å². The number of benzene rings is 1. The number of carbonyl (C=O) groups excluding carboxylic acids is 3. The van der Waals surface area contributed by atoms with Crippen LogP contribution in [0.1, 0.15) is 50.0 Å². The van der Waals surface area contributed by atoms with Crippen LogP contribution >= 0.6 is 11.3 Å². The van der Waals surface area contributed by atoms with Crippen molar-refractivity contribution < 1.29 is 19.1 Å². The van der Waals surface area contributed by atoms with Gasteiger partial charge in [-0.1, -0.05) is 25.1 Å². The maximum absolute atomic E-state index is 12.7. The summed E-state index contributed by atoms with van der Waals surface area (Å²) >= 11 is 1.28. The van der Waals surface area contributed by atoms with E-state index < -0.39 is 5.97 Å². The number of rotatable bonds is 7. The van der Waals surface area contributed by atoms with Gasteiger partial charge in [-0.05, 0) is 37.1 Å². The molecule has 7 heteroatoms. The summed E-state index contributed by atoms with van der Waals surface area (Å²) in [5.41, 5.74) is 2.72. The Labute approximate surface area is 172 Å². The van der Waals surface area contributed by atoms with Gasteiger partial charge in [0.05, 0.1) is 28.2 Å². The van der Waals surface area contributed by atoms with Crippen LogP contribution in [-0.4, -0.2) is 29.3 Å². The number of Topliss-reactive ketones (excluding diaryl/α,β-unsaturated/α-hetero) is 1. The molecule has 0 spiro atoms. The molecule has 3 rings (SSSR count). The number of aryl methyl sites for hydroxylation is 2. The fourth-order valence-electron chi connectivity index (χ4n) is 3.08. The summed E-state index contributed by atoms with van der Waals surface area (Å²) in [6, 6.07) is 11.1. The van der Waals surface area contributed by atoms with Crippen molar-refractivity contribution in [3.63, 3.8) is 0 Å². The van der Waals surface area contributed by atoms with Gasteiger partial charge < -0.3 is 10.1 Å². The van der Waals surface area contributed by atoms with Crippen molar-refractivity contribution in [1.29, 1.82) is 0 Å². The van der Waals surface area contributed by atoms with Crippen molar-refractivity contribution in [2.45, 2.75) is 33.7 Å². The third kappa shape index (κ3) is 4.68. The van der Waals surface area contributed by atoms with E-state index in [1.165, 1.54) is 18.3 Å². The van der Waals surface area contributed by atoms with Crippen molar-refractivity contribution >= 4 is 39.9 Å². The summed E-state index contributed by atoms with van der Waals surface area (Å²) in [5, 5.41) is 3.58. The normalized spacial score (nSPS) is 10.7. The zero-order valence-corrected chi connectivity index (χ0v) is 17.4. The Morgan fingerprint density at radius 3 is 2.62 bits per heavy atom. The number of carbonyl (C=O) groups is 3. The van der Waals surface area contributed by atoms with Gasteiger partial charge in [0.1, 0.15) is 0 Å². The molecule has 0 bridgehead atoms. The molecule has 1 amide bonds. The van der Waals surface area contributed by atoms with Gasteiger partial charge in [-0.2, -0.15) is 0 Å². The minimum Gasteiger partial charge on any atom is -0.454 e. The highest BCUT2D eigenvalue weighted by atomic mass is 32.1. The average molecular weight is 410 g/mol. The molecule has 29 heavy (non-hydrogen) atoms. The van der Waals surface area contributed by atoms with Crippen molar-refractivity contribution in [1.82, 2.24) is 10.3 Å². The topological polar surface area (TPSA) is 85.4 Å². The van der Waals surface area contributed by atoms with E-state index in [2.05, 4.69) is 10.3 Å². The lowest BCUT2D eigenvalue weighted by molar-refractivity contribution is -0.119. The maximum Gasteiger partial charge on any atom is 0.340 e. The molecular formula is C22H22N2O4S. The number of pyridine rings is 1. The monoisotopic (exact) mass is 410 g/mol. The van der Waals surface area contributed by atoms with E-state index >= 15 is 0 Å². The summed E-state index contributed by atoms with van der Waals surface area (Å²) in [6.07, 6.45) is 0.585. The van der Waals surface area contributed by atoms with Gasteiger partial charge >= 0.3 is 5.97 Å². The largest absolute Gasteiger partial charge is 0.454 e. The summed E-state index contributed by atoms with van der Waals surface area (Å²) in [5.74, 6) is -0.950. The van der Waals surface area contributed by atoms with Crippen LogP contribution in [0.15, 0.2) is 36.4 Å². The number of amides is 1. The van der Waals surface area contributed by atoms with Crippen molar-refractivity contribution in [2.24, 2.45) is 0 Å². The lowest BCUT2D eigenvalue weighted by atomic mass is 10.0. The second kappa shape index (κ2) is 8.96. The smallest absolute Gasteiger partial charge is 0.340 e. The summed E-state index contributed by atoms with van der Waals surface area (Å²) < 4.78 is 5.33. The van der Waals surface area contributed by atoms with E-state index in [1.807, 2.05) is 38.1 Å². The Hall–Kier alpha value is -3.06. The Bertz CT molecular complexity index is 1090. The lowest BCUT2D eigenvalue weighted by Crippen LogP contribution is -2.18. The zero-order chi connectivity index (χ0) is 21.0. The molecule has 0 aliphatic carbocycles. The predicted octanol–water partition coefficient (Wildman–Crippen LogP) is 3.84. The van der Waals surface area contributed by atoms with E-state index in [0.29, 0.717) is 29.1 Å². The molecule has 0 fully saturated rings. The second-order valence-electron chi connectivity index (χ2n) is 6.60. The molecule has 0 unspecified atom stereocenters. The molecule has 0 saturated heterocycles. The molecule has 2 heterocycles. The molecular weight excluding hydrogens is 388 g/mol. The Morgan fingerprint density at radius 1 is 1.14 bits per heavy atom. The van der Waals surface area contributed by atoms with Crippen molar-refractivity contribution in [3.05, 3.63) is 63.0 Å². The van der Waals surface area contributed by atoms with Gasteiger partial charge in [-0.15, -0.1) is 11.3 Å². The highest BCUT2D eigenvalue weighted by Crippen LogP contribution is 2.24. The summed E-state index contributed by atoms with van der Waals surface area (Å²) in [4.78, 5) is 42.1. The van der Waals surface area contributed by atoms with Crippen LogP contribution in [0.5, 0.6) is 0 Å². The van der Waals surface area contributed by atoms with Crippen LogP contribution in [0.3, 0.4) is 0 Å². The first kappa shape index (κ1) is 20.7. The van der Waals surface area contributed by atoms with E-state index in [0.717, 1.165) is 21.3 Å². The molecule has 3 aromatic rings. The van der Waals surface area contributed by atoms with Gasteiger partial charge in [0.15, 0.2) is 6.61 Å². The summed E-state index contributed by atoms with van der Waals surface area (Å²) in [6.45, 7) is 5.27. The number of fused-ring (bicyclic) bond motifs is 1. The SMILES string of the molecule is CCc1nc2ccccc2c(C)c1C(=O)OCC(=O)c1ccc(CNC(C)=O)s1. The van der Waals surface area contributed by atoms with Gasteiger partial charge in [0.2, 0.25) is 11.7 Å². The quantitative estimate of drug-likeness (QED) is 0.472. The third-order valence-corrected chi connectivity index (χ3v) is 5.67. The number of thiophene rings is 1. The van der Waals surface area contributed by atoms with Gasteiger partial charge in [0.25, 0.3) is 0 Å². The van der Waals surface area contributed by atoms with Crippen LogP contribution in [0.2, 0.25) is 0 Å². The first-order valence-corrected chi connectivity index (χ1v) is 10.1. The number of esters is 1. The number of nitrogens with one attached hydrogen (secondary N) is 1. The van der Waals surface area contributed by atoms with Crippen LogP contribution in [-0.2, 0) is 22.5 Å². The molecule has 0 aliphatic rings. The van der Waals surface area contributed by atoms with E-state index in [4.69, 9.17) is 4.74 Å². The third-order valence-electron chi connectivity index (χ3n) is 4.55. The highest BCUT2D eigenvalue weighted by Gasteiger charge is 2.20. The van der Waals surface area contributed by atoms with Crippen LogP contribution in [0, 0.1) is 6.92 Å². The van der Waals surface area contributed by atoms with Crippen molar-refractivity contribution in [3.8, 4) is 0 Å². The van der Waals surface area contributed by atoms with E-state index in [1.54, 1.807) is 12.1 Å². The Morgan fingerprint density at radius 2 is 1.90 bits per heavy atom. The first-order valence-electron chi connectivity index (χ1n) is 9.32. The number of ether oxygens (including phenoxy) is 1. The number of ketones is 1. The minimum absolute atomic E-state index is 0.133. The molecule has 0 aliphatic heterocycles. The molecule has 150 valence electrons. The first-order chi connectivity index (χ1) is 13.9. The minimum atomic E-state index is -0.541. The molecule has 2 aromatic heterocycles. The highest BCUT2D eigenvalue weighted by molar-refractivity contribution is 7.14. The maximum atomic E-state index is 12.7. The molecule has 1 aromatic carbocycles. The van der Waals surface area contributed by atoms with Gasteiger partial charge in [-0.25, -0.2) is 4.79 Å². The number of aromatic nitrogens is 1. The predicted molar refractivity (Wildman–Crippen MR) is 112 cm³/mol. The lowest BCUT2D eigenvalue weighted by Gasteiger charge is -2.13. The number of para-hydroxylation sites is 1. The van der Waals surface area contributed by atoms with Crippen LogP contribution in [0.4, 0.5) is 0 Å². The number of hydrogen-bond acceptors (Lipinski definition) is 6. The van der Waals surface area contributed by atoms with Gasteiger partial charge in [0, 0.05) is 17.2 Å². The van der Waals surface area contributed by atoms with Crippen LogP contribution < -0.4 is 5.32 Å².